The van der Waals surface area contributed by atoms with Gasteiger partial charge in [-0.15, -0.1) is 0 Å². The zero-order valence-electron chi connectivity index (χ0n) is 15.0. The van der Waals surface area contributed by atoms with Crippen LogP contribution in [0.1, 0.15) is 13.8 Å². The minimum Gasteiger partial charge on any atom is -0.498 e. The van der Waals surface area contributed by atoms with E-state index in [4.69, 9.17) is 18.9 Å². The lowest BCUT2D eigenvalue weighted by Gasteiger charge is -2.62. The molecule has 28 heavy (non-hydrogen) atoms. The Labute approximate surface area is 158 Å². The fourth-order valence-corrected chi connectivity index (χ4v) is 6.49. The molecule has 8 heteroatoms. The molecule has 1 spiro atoms. The molecular weight excluding hydrogens is 368 g/mol. The molecule has 0 radical (unpaired) electrons. The van der Waals surface area contributed by atoms with Crippen LogP contribution in [0.4, 0.5) is 0 Å². The molecule has 0 aromatic carbocycles. The molecule has 0 unspecified atom stereocenters. The molecule has 0 amide bonds. The molecule has 3 saturated heterocycles. The number of Topliss-reactive ketones (excluding diaryl/α,β-unsaturated/α-hetero) is 4. The van der Waals surface area contributed by atoms with Crippen LogP contribution in [-0.2, 0) is 38.1 Å². The maximum absolute atomic E-state index is 13.6. The van der Waals surface area contributed by atoms with Crippen molar-refractivity contribution in [2.24, 2.45) is 17.3 Å². The molecule has 10 atom stereocenters. The van der Waals surface area contributed by atoms with E-state index >= 15 is 0 Å². The first-order valence-electron chi connectivity index (χ1n) is 9.62. The number of rotatable bonds is 0. The van der Waals surface area contributed by atoms with Crippen LogP contribution < -0.4 is 0 Å². The number of epoxide rings is 2. The molecule has 1 saturated carbocycles. The fourth-order valence-electron chi connectivity index (χ4n) is 6.49. The third-order valence-corrected chi connectivity index (χ3v) is 7.64. The Morgan fingerprint density at radius 1 is 0.786 bits per heavy atom. The highest BCUT2D eigenvalue weighted by atomic mass is 16.6. The predicted octanol–water partition coefficient (Wildman–Crippen LogP) is -0.556. The second kappa shape index (κ2) is 4.37. The van der Waals surface area contributed by atoms with Crippen LogP contribution in [0, 0.1) is 17.3 Å². The van der Waals surface area contributed by atoms with Crippen LogP contribution in [0.15, 0.2) is 23.0 Å². The highest BCUT2D eigenvalue weighted by Crippen LogP contribution is 2.66. The van der Waals surface area contributed by atoms with Crippen molar-refractivity contribution in [1.29, 1.82) is 0 Å². The van der Waals surface area contributed by atoms with Crippen molar-refractivity contribution < 1.29 is 38.1 Å². The van der Waals surface area contributed by atoms with Gasteiger partial charge in [-0.25, -0.2) is 0 Å². The van der Waals surface area contributed by atoms with Gasteiger partial charge in [0, 0.05) is 28.6 Å². The van der Waals surface area contributed by atoms with Crippen molar-refractivity contribution >= 4 is 23.1 Å². The van der Waals surface area contributed by atoms with Crippen molar-refractivity contribution in [3.05, 3.63) is 23.0 Å². The maximum atomic E-state index is 13.6. The van der Waals surface area contributed by atoms with E-state index < -0.39 is 60.0 Å². The Morgan fingerprint density at radius 2 is 1.43 bits per heavy atom. The quantitative estimate of drug-likeness (QED) is 0.511. The van der Waals surface area contributed by atoms with E-state index in [1.54, 1.807) is 0 Å². The van der Waals surface area contributed by atoms with Gasteiger partial charge in [-0.05, 0) is 13.8 Å². The first kappa shape index (κ1) is 15.7. The van der Waals surface area contributed by atoms with Crippen LogP contribution in [0.2, 0.25) is 0 Å². The average molecular weight is 384 g/mol. The van der Waals surface area contributed by atoms with Crippen LogP contribution >= 0.6 is 0 Å². The van der Waals surface area contributed by atoms with Gasteiger partial charge in [-0.3, -0.25) is 19.2 Å². The highest BCUT2D eigenvalue weighted by Gasteiger charge is 2.79. The van der Waals surface area contributed by atoms with Gasteiger partial charge in [0.15, 0.2) is 47.5 Å². The van der Waals surface area contributed by atoms with E-state index in [-0.39, 0.29) is 34.3 Å². The molecule has 8 aliphatic rings. The van der Waals surface area contributed by atoms with Crippen molar-refractivity contribution in [3.8, 4) is 0 Å². The number of ketones is 4. The first-order chi connectivity index (χ1) is 13.4. The monoisotopic (exact) mass is 384 g/mol. The van der Waals surface area contributed by atoms with Crippen molar-refractivity contribution in [1.82, 2.24) is 0 Å². The SMILES string of the molecule is C[C@@H]1OC=C2C(=O)[C@@H]3O[C@@H]3C(=O)[C@]23[C@H]1[C@H]1C2=C(C(=O)[C@@H]4O[C@@H]4C2=O)[C@@H]3O[C@@H]1C. The smallest absolute Gasteiger partial charge is 0.194 e. The Kier molecular flexibility index (Phi) is 2.45. The summed E-state index contributed by atoms with van der Waals surface area (Å²) in [5, 5.41) is 0. The van der Waals surface area contributed by atoms with E-state index in [1.165, 1.54) is 6.26 Å². The summed E-state index contributed by atoms with van der Waals surface area (Å²) in [4.78, 5) is 52.6. The normalized spacial score (nSPS) is 54.8. The number of hydrogen-bond donors (Lipinski definition) is 0. The molecule has 5 aliphatic heterocycles. The number of hydrogen-bond acceptors (Lipinski definition) is 8. The molecule has 5 heterocycles. The lowest BCUT2D eigenvalue weighted by Crippen LogP contribution is -2.72. The molecule has 8 nitrogen and oxygen atoms in total. The Morgan fingerprint density at radius 3 is 2.18 bits per heavy atom. The first-order valence-corrected chi connectivity index (χ1v) is 9.62. The third-order valence-electron chi connectivity index (χ3n) is 7.64. The van der Waals surface area contributed by atoms with Crippen LogP contribution in [-0.4, -0.2) is 65.9 Å². The summed E-state index contributed by atoms with van der Waals surface area (Å²) < 4.78 is 22.7. The van der Waals surface area contributed by atoms with Gasteiger partial charge >= 0.3 is 0 Å². The van der Waals surface area contributed by atoms with Crippen LogP contribution in [0.25, 0.3) is 0 Å². The second-order valence-electron chi connectivity index (χ2n) is 8.75. The molecular formula is C20H16O8. The van der Waals surface area contributed by atoms with E-state index in [0.717, 1.165) is 0 Å². The minimum atomic E-state index is -1.35. The molecule has 2 bridgehead atoms. The standard InChI is InChI=1S/C20H16O8/c1-4-7-8-9(13(23)16-15(27-16)12(8)22)19(26-4)20-6(3-25-5(2)10(7)20)11(21)14-17(28-14)18(20)24/h3-5,7,10,14-17,19H,1-2H3/t4-,5+,7-,10-,14+,15-,16+,17+,19+,20-/m1/s1. The van der Waals surface area contributed by atoms with Crippen LogP contribution in [0.3, 0.4) is 0 Å². The van der Waals surface area contributed by atoms with Gasteiger partial charge in [0.2, 0.25) is 0 Å². The summed E-state index contributed by atoms with van der Waals surface area (Å²) in [7, 11) is 0. The second-order valence-corrected chi connectivity index (χ2v) is 8.75. The summed E-state index contributed by atoms with van der Waals surface area (Å²) in [5.41, 5.74) is -0.491. The minimum absolute atomic E-state index is 0.196. The number of carbonyl (C=O) groups excluding carboxylic acids is 4. The Balaban J connectivity index is 1.55. The number of ether oxygens (including phenoxy) is 4. The number of carbonyl (C=O) groups is 4. The van der Waals surface area contributed by atoms with Gasteiger partial charge in [0.25, 0.3) is 0 Å². The third kappa shape index (κ3) is 1.38. The summed E-state index contributed by atoms with van der Waals surface area (Å²) in [6, 6.07) is 0. The molecule has 8 rings (SSSR count). The topological polar surface area (TPSA) is 112 Å². The lowest BCUT2D eigenvalue weighted by atomic mass is 9.45. The highest BCUT2D eigenvalue weighted by molar-refractivity contribution is 6.23. The molecule has 144 valence electrons. The summed E-state index contributed by atoms with van der Waals surface area (Å²) in [6.07, 6.45) is -3.55. The average Bonchev–Trinajstić information content (AvgIpc) is 3.57. The van der Waals surface area contributed by atoms with E-state index in [0.29, 0.717) is 5.57 Å². The molecule has 3 aliphatic carbocycles. The fraction of sp³-hybridized carbons (Fsp3) is 0.600. The van der Waals surface area contributed by atoms with E-state index in [1.807, 2.05) is 13.8 Å². The van der Waals surface area contributed by atoms with Crippen molar-refractivity contribution in [3.63, 3.8) is 0 Å². The molecule has 0 aromatic heterocycles. The zero-order chi connectivity index (χ0) is 19.3. The molecule has 4 fully saturated rings. The van der Waals surface area contributed by atoms with Gasteiger partial charge < -0.3 is 18.9 Å². The van der Waals surface area contributed by atoms with E-state index in [2.05, 4.69) is 0 Å². The van der Waals surface area contributed by atoms with E-state index in [9.17, 15) is 19.2 Å². The van der Waals surface area contributed by atoms with Gasteiger partial charge in [-0.2, -0.15) is 0 Å². The van der Waals surface area contributed by atoms with Crippen molar-refractivity contribution in [2.75, 3.05) is 0 Å². The maximum Gasteiger partial charge on any atom is 0.194 e. The lowest BCUT2D eigenvalue weighted by molar-refractivity contribution is -0.203. The Bertz CT molecular complexity index is 1010. The predicted molar refractivity (Wildman–Crippen MR) is 86.8 cm³/mol. The molecule has 0 N–H and O–H groups in total. The summed E-state index contributed by atoms with van der Waals surface area (Å²) in [5.74, 6) is -2.02. The van der Waals surface area contributed by atoms with Gasteiger partial charge in [-0.1, -0.05) is 0 Å². The summed E-state index contributed by atoms with van der Waals surface area (Å²) >= 11 is 0. The zero-order valence-corrected chi connectivity index (χ0v) is 15.0. The van der Waals surface area contributed by atoms with Crippen molar-refractivity contribution in [2.45, 2.75) is 56.6 Å². The number of fused-ring (bicyclic) bond motifs is 3. The van der Waals surface area contributed by atoms with Crippen LogP contribution in [0.5, 0.6) is 0 Å². The van der Waals surface area contributed by atoms with Gasteiger partial charge in [0.05, 0.1) is 18.5 Å². The molecule has 0 aromatic rings. The largest absolute Gasteiger partial charge is 0.498 e. The summed E-state index contributed by atoms with van der Waals surface area (Å²) in [6.45, 7) is 3.67. The Hall–Kier alpha value is -2.16. The van der Waals surface area contributed by atoms with Gasteiger partial charge in [0.1, 0.15) is 11.5 Å².